The van der Waals surface area contributed by atoms with E-state index in [1.165, 1.54) is 12.1 Å². The van der Waals surface area contributed by atoms with Crippen LogP contribution in [0.4, 0.5) is 0 Å². The van der Waals surface area contributed by atoms with Crippen LogP contribution < -0.4 is 24.0 Å². The van der Waals surface area contributed by atoms with Gasteiger partial charge in [-0.05, 0) is 35.7 Å². The van der Waals surface area contributed by atoms with E-state index in [2.05, 4.69) is 11.1 Å². The molecule has 1 heterocycles. The smallest absolute Gasteiger partial charge is 0.545 e. The molecule has 2 aromatic carbocycles. The molecule has 0 spiro atoms. The van der Waals surface area contributed by atoms with Crippen LogP contribution >= 0.6 is 0 Å². The molecular weight excluding hydrogens is 299 g/mol. The number of carboxylic acids is 1. The number of aromatic carboxylic acids is 1. The first-order valence-electron chi connectivity index (χ1n) is 7.16. The maximum absolute atomic E-state index is 10.8. The van der Waals surface area contributed by atoms with Crippen LogP contribution in [0.25, 0.3) is 22.6 Å². The van der Waals surface area contributed by atoms with Gasteiger partial charge >= 0.3 is 18.9 Å². The van der Waals surface area contributed by atoms with Gasteiger partial charge < -0.3 is 14.3 Å². The molecule has 0 aliphatic carbocycles. The first-order chi connectivity index (χ1) is 11.0. The molecule has 0 bridgehead atoms. The molecule has 0 saturated carbocycles. The minimum Gasteiger partial charge on any atom is -0.545 e. The molecule has 0 atom stereocenters. The molecule has 1 aromatic heterocycles. The van der Waals surface area contributed by atoms with Gasteiger partial charge in [-0.25, -0.2) is 4.98 Å². The van der Waals surface area contributed by atoms with E-state index in [4.69, 9.17) is 9.68 Å². The summed E-state index contributed by atoms with van der Waals surface area (Å²) in [4.78, 5) is 15.2. The van der Waals surface area contributed by atoms with Crippen LogP contribution in [-0.4, -0.2) is 11.0 Å². The van der Waals surface area contributed by atoms with Gasteiger partial charge in [0.15, 0.2) is 5.58 Å². The van der Waals surface area contributed by atoms with E-state index in [0.29, 0.717) is 28.1 Å². The zero-order chi connectivity index (χ0) is 16.6. The minimum absolute atomic E-state index is 0. The summed E-state index contributed by atoms with van der Waals surface area (Å²) in [6, 6.07) is 11.8. The Labute approximate surface area is 151 Å². The predicted molar refractivity (Wildman–Crippen MR) is 82.6 cm³/mol. The van der Waals surface area contributed by atoms with Crippen LogP contribution in [0.3, 0.4) is 0 Å². The first-order valence-corrected chi connectivity index (χ1v) is 7.16. The summed E-state index contributed by atoms with van der Waals surface area (Å²) in [6.45, 7) is 4.04. The number of carboxylic acid groups (broad SMARTS) is 1. The van der Waals surface area contributed by atoms with Gasteiger partial charge in [0.2, 0.25) is 5.89 Å². The number of carbonyl (C=O) groups excluding carboxylic acids is 1. The van der Waals surface area contributed by atoms with Crippen molar-refractivity contribution in [3.8, 4) is 17.5 Å². The van der Waals surface area contributed by atoms with Crippen LogP contribution in [0.5, 0.6) is 0 Å². The summed E-state index contributed by atoms with van der Waals surface area (Å²) in [7, 11) is 0. The Morgan fingerprint density at radius 1 is 1.25 bits per heavy atom. The van der Waals surface area contributed by atoms with Crippen molar-refractivity contribution in [2.75, 3.05) is 0 Å². The number of aromatic nitrogens is 1. The summed E-state index contributed by atoms with van der Waals surface area (Å²) in [6.07, 6.45) is 0. The maximum atomic E-state index is 10.8. The number of carbonyl (C=O) groups is 1. The van der Waals surface area contributed by atoms with Crippen LogP contribution in [0.15, 0.2) is 40.8 Å². The number of fused-ring (bicyclic) bond motifs is 1. The Kier molecular flexibility index (Phi) is 5.14. The molecule has 24 heavy (non-hydrogen) atoms. The number of nitriles is 1. The molecule has 114 valence electrons. The van der Waals surface area contributed by atoms with Crippen LogP contribution in [-0.2, 0) is 0 Å². The topological polar surface area (TPSA) is 90.0 Å². The largest absolute Gasteiger partial charge is 1.00 e. The summed E-state index contributed by atoms with van der Waals surface area (Å²) >= 11 is 0. The molecule has 0 fully saturated rings. The summed E-state index contributed by atoms with van der Waals surface area (Å²) < 4.78 is 5.86. The van der Waals surface area contributed by atoms with Crippen LogP contribution in [0.2, 0.25) is 0 Å². The predicted octanol–water partition coefficient (Wildman–Crippen LogP) is -0.143. The van der Waals surface area contributed by atoms with E-state index in [1.54, 1.807) is 24.3 Å². The Morgan fingerprint density at radius 2 is 1.92 bits per heavy atom. The standard InChI is InChI=1S/C18H14N2O3.Li/c1-10(2)14-7-11(9-19)8-15-16(14)23-17(20-15)12-3-5-13(6-4-12)18(21)22;/h3-8,10H,1-2H3,(H,21,22);/q;+1/p-1. The average molecular weight is 312 g/mol. The molecule has 3 aromatic rings. The Balaban J connectivity index is 0.00000208. The third-order valence-electron chi connectivity index (χ3n) is 3.64. The van der Waals surface area contributed by atoms with Crippen molar-refractivity contribution in [2.24, 2.45) is 0 Å². The second-order valence-electron chi connectivity index (χ2n) is 5.56. The van der Waals surface area contributed by atoms with Crippen molar-refractivity contribution < 1.29 is 33.2 Å². The van der Waals surface area contributed by atoms with Crippen LogP contribution in [0.1, 0.15) is 41.3 Å². The van der Waals surface area contributed by atoms with Gasteiger partial charge in [0.05, 0.1) is 17.6 Å². The van der Waals surface area contributed by atoms with Crippen molar-refractivity contribution in [2.45, 2.75) is 19.8 Å². The van der Waals surface area contributed by atoms with E-state index in [-0.39, 0.29) is 30.3 Å². The monoisotopic (exact) mass is 312 g/mol. The van der Waals surface area contributed by atoms with Crippen molar-refractivity contribution in [1.82, 2.24) is 4.98 Å². The Morgan fingerprint density at radius 3 is 2.46 bits per heavy atom. The van der Waals surface area contributed by atoms with Gasteiger partial charge in [-0.2, -0.15) is 5.26 Å². The molecular formula is C18H13LiN2O3. The zero-order valence-corrected chi connectivity index (χ0v) is 13.7. The van der Waals surface area contributed by atoms with E-state index >= 15 is 0 Å². The molecule has 0 N–H and O–H groups in total. The van der Waals surface area contributed by atoms with E-state index in [9.17, 15) is 9.90 Å². The number of hydrogen-bond donors (Lipinski definition) is 0. The summed E-state index contributed by atoms with van der Waals surface area (Å²) in [5.74, 6) is -0.649. The van der Waals surface area contributed by atoms with Crippen molar-refractivity contribution >= 4 is 17.1 Å². The second-order valence-corrected chi connectivity index (χ2v) is 5.56. The van der Waals surface area contributed by atoms with Crippen LogP contribution in [0, 0.1) is 11.3 Å². The van der Waals surface area contributed by atoms with Gasteiger partial charge in [-0.3, -0.25) is 0 Å². The fourth-order valence-corrected chi connectivity index (χ4v) is 2.42. The molecule has 5 nitrogen and oxygen atoms in total. The summed E-state index contributed by atoms with van der Waals surface area (Å²) in [5.41, 5.74) is 3.49. The normalized spacial score (nSPS) is 10.4. The fourth-order valence-electron chi connectivity index (χ4n) is 2.42. The fraction of sp³-hybridized carbons (Fsp3) is 0.167. The molecule has 0 radical (unpaired) electrons. The molecule has 0 amide bonds. The third-order valence-corrected chi connectivity index (χ3v) is 3.64. The number of oxazole rings is 1. The van der Waals surface area contributed by atoms with Gasteiger partial charge in [0.25, 0.3) is 0 Å². The number of nitrogens with zero attached hydrogens (tertiary/aromatic N) is 2. The van der Waals surface area contributed by atoms with E-state index < -0.39 is 5.97 Å². The first kappa shape index (κ1) is 17.8. The molecule has 6 heteroatoms. The van der Waals surface area contributed by atoms with Gasteiger partial charge in [0, 0.05) is 11.1 Å². The van der Waals surface area contributed by atoms with Gasteiger partial charge in [-0.15, -0.1) is 0 Å². The molecule has 0 aliphatic rings. The number of benzene rings is 2. The third kappa shape index (κ3) is 3.21. The zero-order valence-electron chi connectivity index (χ0n) is 13.7. The molecule has 0 aliphatic heterocycles. The molecule has 3 rings (SSSR count). The number of hydrogen-bond acceptors (Lipinski definition) is 5. The van der Waals surface area contributed by atoms with Crippen molar-refractivity contribution in [1.29, 1.82) is 5.26 Å². The van der Waals surface area contributed by atoms with Gasteiger partial charge in [0.1, 0.15) is 5.52 Å². The summed E-state index contributed by atoms with van der Waals surface area (Å²) in [5, 5.41) is 19.9. The average Bonchev–Trinajstić information content (AvgIpc) is 2.97. The Hall–Kier alpha value is -2.53. The van der Waals surface area contributed by atoms with Gasteiger partial charge in [-0.1, -0.05) is 26.0 Å². The second kappa shape index (κ2) is 6.93. The quantitative estimate of drug-likeness (QED) is 0.628. The maximum Gasteiger partial charge on any atom is 1.00 e. The van der Waals surface area contributed by atoms with E-state index in [0.717, 1.165) is 5.56 Å². The number of rotatable bonds is 3. The van der Waals surface area contributed by atoms with E-state index in [1.807, 2.05) is 13.8 Å². The minimum atomic E-state index is -1.23. The van der Waals surface area contributed by atoms with Crippen molar-refractivity contribution in [3.63, 3.8) is 0 Å². The SMILES string of the molecule is CC(C)c1cc(C#N)cc2nc(-c3ccc(C(=O)[O-])cc3)oc12.[Li+]. The van der Waals surface area contributed by atoms with Crippen molar-refractivity contribution in [3.05, 3.63) is 53.1 Å². The molecule has 0 unspecified atom stereocenters. The Bertz CT molecular complexity index is 937. The molecule has 0 saturated heterocycles.